The Morgan fingerprint density at radius 1 is 1.36 bits per heavy atom. The van der Waals surface area contributed by atoms with Gasteiger partial charge in [-0.3, -0.25) is 0 Å². The molecule has 1 aliphatic rings. The average Bonchev–Trinajstić information content (AvgIpc) is 2.64. The van der Waals surface area contributed by atoms with Crippen molar-refractivity contribution < 1.29 is 19.0 Å². The Morgan fingerprint density at radius 3 is 2.93 bits per heavy atom. The molecule has 1 unspecified atom stereocenters. The molecule has 1 aromatic rings. The molecule has 0 aromatic heterocycles. The minimum atomic E-state index is -1.21. The number of ether oxygens (including phenoxy) is 2. The van der Waals surface area contributed by atoms with Gasteiger partial charge in [0, 0.05) is 6.42 Å². The molecule has 0 fully saturated rings. The highest BCUT2D eigenvalue weighted by molar-refractivity contribution is 5.44. The summed E-state index contributed by atoms with van der Waals surface area (Å²) < 4.78 is 23.1. The van der Waals surface area contributed by atoms with Crippen LogP contribution >= 0.6 is 0 Å². The molecule has 76 valence electrons. The van der Waals surface area contributed by atoms with E-state index in [2.05, 4.69) is 0 Å². The van der Waals surface area contributed by atoms with E-state index in [-0.39, 0.29) is 13.2 Å². The maximum Gasteiger partial charge on any atom is 0.231 e. The lowest BCUT2D eigenvalue weighted by atomic mass is 10.1. The molecule has 0 amide bonds. The monoisotopic (exact) mass is 198 g/mol. The second kappa shape index (κ2) is 3.84. The van der Waals surface area contributed by atoms with E-state index in [4.69, 9.17) is 14.6 Å². The zero-order chi connectivity index (χ0) is 9.97. The molecule has 4 heteroatoms. The highest BCUT2D eigenvalue weighted by Crippen LogP contribution is 2.32. The number of hydrogen-bond acceptors (Lipinski definition) is 3. The van der Waals surface area contributed by atoms with Gasteiger partial charge in [-0.25, -0.2) is 4.39 Å². The number of aliphatic hydroxyl groups excluding tert-OH is 1. The second-order valence-electron chi connectivity index (χ2n) is 3.17. The molecule has 2 rings (SSSR count). The van der Waals surface area contributed by atoms with Crippen LogP contribution in [0.3, 0.4) is 0 Å². The summed E-state index contributed by atoms with van der Waals surface area (Å²) in [6.45, 7) is -0.230. The third kappa shape index (κ3) is 1.80. The number of alkyl halides is 1. The zero-order valence-corrected chi connectivity index (χ0v) is 7.57. The highest BCUT2D eigenvalue weighted by Gasteiger charge is 2.14. The lowest BCUT2D eigenvalue weighted by Gasteiger charge is -2.05. The van der Waals surface area contributed by atoms with Gasteiger partial charge in [-0.05, 0) is 17.7 Å². The van der Waals surface area contributed by atoms with Crippen LogP contribution in [0.4, 0.5) is 4.39 Å². The molecule has 1 aliphatic heterocycles. The van der Waals surface area contributed by atoms with Gasteiger partial charge in [-0.15, -0.1) is 0 Å². The Morgan fingerprint density at radius 2 is 2.14 bits per heavy atom. The summed E-state index contributed by atoms with van der Waals surface area (Å²) in [5.41, 5.74) is 0.802. The summed E-state index contributed by atoms with van der Waals surface area (Å²) in [6.07, 6.45) is -1.01. The van der Waals surface area contributed by atoms with Crippen LogP contribution in [0.5, 0.6) is 11.5 Å². The molecular formula is C10H11FO3. The fourth-order valence-corrected chi connectivity index (χ4v) is 1.39. The molecule has 0 saturated carbocycles. The molecule has 0 radical (unpaired) electrons. The summed E-state index contributed by atoms with van der Waals surface area (Å²) in [7, 11) is 0. The summed E-state index contributed by atoms with van der Waals surface area (Å²) >= 11 is 0. The van der Waals surface area contributed by atoms with Crippen LogP contribution in [0.1, 0.15) is 5.56 Å². The van der Waals surface area contributed by atoms with Gasteiger partial charge >= 0.3 is 0 Å². The normalized spacial score (nSPS) is 15.6. The SMILES string of the molecule is OCC(F)Cc1ccc2c(c1)OCO2. The van der Waals surface area contributed by atoms with Crippen LogP contribution in [0.15, 0.2) is 18.2 Å². The Kier molecular flexibility index (Phi) is 2.54. The first-order valence-electron chi connectivity index (χ1n) is 4.43. The number of fused-ring (bicyclic) bond motifs is 1. The minimum absolute atomic E-state index is 0.202. The first kappa shape index (κ1) is 9.27. The van der Waals surface area contributed by atoms with Crippen LogP contribution in [-0.2, 0) is 6.42 Å². The van der Waals surface area contributed by atoms with Crippen LogP contribution in [0.2, 0.25) is 0 Å². The van der Waals surface area contributed by atoms with Gasteiger partial charge in [0.05, 0.1) is 6.61 Å². The minimum Gasteiger partial charge on any atom is -0.454 e. The molecule has 14 heavy (non-hydrogen) atoms. The summed E-state index contributed by atoms with van der Waals surface area (Å²) in [6, 6.07) is 5.27. The molecule has 0 spiro atoms. The molecule has 1 heterocycles. The predicted molar refractivity (Wildman–Crippen MR) is 48.3 cm³/mol. The fourth-order valence-electron chi connectivity index (χ4n) is 1.39. The highest BCUT2D eigenvalue weighted by atomic mass is 19.1. The van der Waals surface area contributed by atoms with Crippen molar-refractivity contribution in [1.29, 1.82) is 0 Å². The molecule has 3 nitrogen and oxygen atoms in total. The molecule has 0 saturated heterocycles. The largest absolute Gasteiger partial charge is 0.454 e. The lowest BCUT2D eigenvalue weighted by Crippen LogP contribution is -2.09. The van der Waals surface area contributed by atoms with Gasteiger partial charge in [0.1, 0.15) is 6.17 Å². The summed E-state index contributed by atoms with van der Waals surface area (Å²) in [5.74, 6) is 1.33. The van der Waals surface area contributed by atoms with Gasteiger partial charge in [-0.1, -0.05) is 6.07 Å². The maximum absolute atomic E-state index is 12.8. The lowest BCUT2D eigenvalue weighted by molar-refractivity contribution is 0.173. The smallest absolute Gasteiger partial charge is 0.231 e. The predicted octanol–water partition coefficient (Wildman–Crippen LogP) is 1.29. The van der Waals surface area contributed by atoms with E-state index < -0.39 is 12.8 Å². The number of rotatable bonds is 3. The van der Waals surface area contributed by atoms with Crippen molar-refractivity contribution in [2.24, 2.45) is 0 Å². The standard InChI is InChI=1S/C10H11FO3/c11-8(5-12)3-7-1-2-9-10(4-7)14-6-13-9/h1-2,4,8,12H,3,5-6H2. The number of benzene rings is 1. The third-order valence-corrected chi connectivity index (χ3v) is 2.09. The van der Waals surface area contributed by atoms with E-state index in [9.17, 15) is 4.39 Å². The van der Waals surface area contributed by atoms with Gasteiger partial charge < -0.3 is 14.6 Å². The van der Waals surface area contributed by atoms with Gasteiger partial charge in [0.15, 0.2) is 11.5 Å². The second-order valence-corrected chi connectivity index (χ2v) is 3.17. The number of aliphatic hydroxyl groups is 1. The first-order chi connectivity index (χ1) is 6.79. The van der Waals surface area contributed by atoms with Crippen LogP contribution in [0, 0.1) is 0 Å². The van der Waals surface area contributed by atoms with Crippen molar-refractivity contribution in [2.75, 3.05) is 13.4 Å². The Balaban J connectivity index is 2.12. The van der Waals surface area contributed by atoms with E-state index in [0.717, 1.165) is 5.56 Å². The Bertz CT molecular complexity index is 327. The van der Waals surface area contributed by atoms with E-state index in [1.165, 1.54) is 0 Å². The zero-order valence-electron chi connectivity index (χ0n) is 7.57. The van der Waals surface area contributed by atoms with Crippen molar-refractivity contribution in [2.45, 2.75) is 12.6 Å². The van der Waals surface area contributed by atoms with E-state index in [0.29, 0.717) is 11.5 Å². The van der Waals surface area contributed by atoms with E-state index in [1.54, 1.807) is 18.2 Å². The van der Waals surface area contributed by atoms with Crippen LogP contribution in [0.25, 0.3) is 0 Å². The van der Waals surface area contributed by atoms with E-state index >= 15 is 0 Å². The Labute approximate surface area is 81.1 Å². The quantitative estimate of drug-likeness (QED) is 0.795. The maximum atomic E-state index is 12.8. The average molecular weight is 198 g/mol. The van der Waals surface area contributed by atoms with Crippen molar-refractivity contribution in [3.8, 4) is 11.5 Å². The Hall–Kier alpha value is -1.29. The van der Waals surface area contributed by atoms with E-state index in [1.807, 2.05) is 0 Å². The molecule has 0 aliphatic carbocycles. The van der Waals surface area contributed by atoms with Crippen molar-refractivity contribution >= 4 is 0 Å². The van der Waals surface area contributed by atoms with Gasteiger partial charge in [-0.2, -0.15) is 0 Å². The van der Waals surface area contributed by atoms with Crippen LogP contribution < -0.4 is 9.47 Å². The molecular weight excluding hydrogens is 187 g/mol. The van der Waals surface area contributed by atoms with Gasteiger partial charge in [0.25, 0.3) is 0 Å². The van der Waals surface area contributed by atoms with Crippen molar-refractivity contribution in [3.05, 3.63) is 23.8 Å². The van der Waals surface area contributed by atoms with Crippen LogP contribution in [-0.4, -0.2) is 24.7 Å². The molecule has 1 N–H and O–H groups in total. The molecule has 0 bridgehead atoms. The number of hydrogen-bond donors (Lipinski definition) is 1. The summed E-state index contributed by atoms with van der Waals surface area (Å²) in [5, 5.41) is 8.56. The van der Waals surface area contributed by atoms with Gasteiger partial charge in [0.2, 0.25) is 6.79 Å². The fraction of sp³-hybridized carbons (Fsp3) is 0.400. The molecule has 1 aromatic carbocycles. The third-order valence-electron chi connectivity index (χ3n) is 2.09. The summed E-state index contributed by atoms with van der Waals surface area (Å²) in [4.78, 5) is 0. The molecule has 1 atom stereocenters. The number of halogens is 1. The first-order valence-corrected chi connectivity index (χ1v) is 4.43. The van der Waals surface area contributed by atoms with Crippen molar-refractivity contribution in [1.82, 2.24) is 0 Å². The topological polar surface area (TPSA) is 38.7 Å². The van der Waals surface area contributed by atoms with Crippen molar-refractivity contribution in [3.63, 3.8) is 0 Å².